The summed E-state index contributed by atoms with van der Waals surface area (Å²) in [5.74, 6) is -2.33. The first-order valence-electron chi connectivity index (χ1n) is 6.14. The van der Waals surface area contributed by atoms with E-state index >= 15 is 0 Å². The van der Waals surface area contributed by atoms with Crippen LogP contribution in [-0.2, 0) is 6.18 Å². The third kappa shape index (κ3) is 4.15. The van der Waals surface area contributed by atoms with E-state index < -0.39 is 35.5 Å². The molecule has 24 heavy (non-hydrogen) atoms. The standard InChI is InChI=1S/C14H7F6NO3/c15-13(16,17)11-4-1-7(6-21-11)9-3-2-8(24-14(18,19)20)5-10(9)12(22)23/h1-6H,(H,22,23). The Kier molecular flexibility index (Phi) is 4.41. The van der Waals surface area contributed by atoms with Crippen molar-refractivity contribution in [3.8, 4) is 16.9 Å². The number of carbonyl (C=O) groups is 1. The summed E-state index contributed by atoms with van der Waals surface area (Å²) in [5, 5.41) is 9.10. The Bertz CT molecular complexity index is 753. The number of hydrogen-bond acceptors (Lipinski definition) is 3. The molecule has 10 heteroatoms. The van der Waals surface area contributed by atoms with Crippen LogP contribution in [0.3, 0.4) is 0 Å². The van der Waals surface area contributed by atoms with Crippen LogP contribution in [0.1, 0.15) is 16.1 Å². The van der Waals surface area contributed by atoms with Gasteiger partial charge >= 0.3 is 18.5 Å². The molecule has 0 aliphatic heterocycles. The van der Waals surface area contributed by atoms with Gasteiger partial charge in [0.05, 0.1) is 5.56 Å². The predicted molar refractivity (Wildman–Crippen MR) is 68.3 cm³/mol. The van der Waals surface area contributed by atoms with Crippen LogP contribution in [0.4, 0.5) is 26.3 Å². The third-order valence-corrected chi connectivity index (χ3v) is 2.82. The van der Waals surface area contributed by atoms with Crippen molar-refractivity contribution in [2.45, 2.75) is 12.5 Å². The van der Waals surface area contributed by atoms with Crippen molar-refractivity contribution >= 4 is 5.97 Å². The Hall–Kier alpha value is -2.78. The summed E-state index contributed by atoms with van der Waals surface area (Å²) in [7, 11) is 0. The van der Waals surface area contributed by atoms with E-state index in [4.69, 9.17) is 5.11 Å². The number of carboxylic acids is 1. The van der Waals surface area contributed by atoms with Crippen LogP contribution < -0.4 is 4.74 Å². The Morgan fingerprint density at radius 3 is 2.17 bits per heavy atom. The second-order valence-corrected chi connectivity index (χ2v) is 4.49. The van der Waals surface area contributed by atoms with E-state index in [-0.39, 0.29) is 11.1 Å². The first-order valence-corrected chi connectivity index (χ1v) is 6.14. The molecular weight excluding hydrogens is 344 g/mol. The van der Waals surface area contributed by atoms with Crippen LogP contribution in [0.5, 0.6) is 5.75 Å². The zero-order chi connectivity index (χ0) is 18.1. The van der Waals surface area contributed by atoms with Gasteiger partial charge in [-0.25, -0.2) is 4.79 Å². The molecule has 2 aromatic rings. The summed E-state index contributed by atoms with van der Waals surface area (Å²) in [4.78, 5) is 14.4. The molecule has 0 aliphatic rings. The van der Waals surface area contributed by atoms with Crippen LogP contribution in [0, 0.1) is 0 Å². The van der Waals surface area contributed by atoms with Crippen molar-refractivity contribution in [3.05, 3.63) is 47.8 Å². The lowest BCUT2D eigenvalue weighted by atomic mass is 10.0. The first-order chi connectivity index (χ1) is 11.0. The van der Waals surface area contributed by atoms with Crippen molar-refractivity contribution in [3.63, 3.8) is 0 Å². The monoisotopic (exact) mass is 351 g/mol. The molecule has 1 heterocycles. The third-order valence-electron chi connectivity index (χ3n) is 2.82. The van der Waals surface area contributed by atoms with Crippen molar-refractivity contribution in [2.75, 3.05) is 0 Å². The largest absolute Gasteiger partial charge is 0.573 e. The maximum Gasteiger partial charge on any atom is 0.573 e. The number of aromatic carboxylic acids is 1. The summed E-state index contributed by atoms with van der Waals surface area (Å²) in [5.41, 5.74) is -1.85. The molecule has 0 amide bonds. The highest BCUT2D eigenvalue weighted by atomic mass is 19.4. The van der Waals surface area contributed by atoms with Crippen LogP contribution in [0.2, 0.25) is 0 Å². The molecule has 0 saturated carbocycles. The number of aromatic nitrogens is 1. The van der Waals surface area contributed by atoms with E-state index in [0.717, 1.165) is 24.4 Å². The van der Waals surface area contributed by atoms with E-state index in [9.17, 15) is 31.1 Å². The second-order valence-electron chi connectivity index (χ2n) is 4.49. The number of rotatable bonds is 3. The minimum Gasteiger partial charge on any atom is -0.478 e. The number of carboxylic acid groups (broad SMARTS) is 1. The average molecular weight is 351 g/mol. The van der Waals surface area contributed by atoms with Crippen LogP contribution in [0.15, 0.2) is 36.5 Å². The first kappa shape index (κ1) is 17.6. The molecule has 0 aliphatic carbocycles. The minimum absolute atomic E-state index is 0.000964. The lowest BCUT2D eigenvalue weighted by Crippen LogP contribution is -2.17. The Labute approximate surface area is 130 Å². The van der Waals surface area contributed by atoms with Crippen LogP contribution in [-0.4, -0.2) is 22.4 Å². The van der Waals surface area contributed by atoms with Crippen molar-refractivity contribution in [1.29, 1.82) is 0 Å². The number of nitrogens with zero attached hydrogens (tertiary/aromatic N) is 1. The minimum atomic E-state index is -5.01. The molecule has 0 saturated heterocycles. The fourth-order valence-electron chi connectivity index (χ4n) is 1.87. The average Bonchev–Trinajstić information content (AvgIpc) is 2.44. The maximum absolute atomic E-state index is 12.5. The molecule has 0 unspecified atom stereocenters. The van der Waals surface area contributed by atoms with Gasteiger partial charge < -0.3 is 9.84 Å². The van der Waals surface area contributed by atoms with E-state index in [1.807, 2.05) is 0 Å². The molecule has 2 rings (SSSR count). The zero-order valence-corrected chi connectivity index (χ0v) is 11.4. The summed E-state index contributed by atoms with van der Waals surface area (Å²) >= 11 is 0. The van der Waals surface area contributed by atoms with Gasteiger partial charge in [0, 0.05) is 11.8 Å². The second kappa shape index (κ2) is 6.02. The van der Waals surface area contributed by atoms with E-state index in [0.29, 0.717) is 12.1 Å². The van der Waals surface area contributed by atoms with Crippen molar-refractivity contribution in [2.24, 2.45) is 0 Å². The smallest absolute Gasteiger partial charge is 0.478 e. The molecular formula is C14H7F6NO3. The van der Waals surface area contributed by atoms with Gasteiger partial charge in [-0.15, -0.1) is 13.2 Å². The molecule has 0 fully saturated rings. The predicted octanol–water partition coefficient (Wildman–Crippen LogP) is 4.36. The fraction of sp³-hybridized carbons (Fsp3) is 0.143. The molecule has 0 radical (unpaired) electrons. The summed E-state index contributed by atoms with van der Waals surface area (Å²) in [6.07, 6.45) is -8.89. The summed E-state index contributed by atoms with van der Waals surface area (Å²) in [6, 6.07) is 4.09. The lowest BCUT2D eigenvalue weighted by molar-refractivity contribution is -0.274. The summed E-state index contributed by atoms with van der Waals surface area (Å²) in [6.45, 7) is 0. The number of halogens is 6. The molecule has 1 N–H and O–H groups in total. The van der Waals surface area contributed by atoms with Crippen molar-refractivity contribution < 1.29 is 41.0 Å². The van der Waals surface area contributed by atoms with Gasteiger partial charge in [-0.3, -0.25) is 4.98 Å². The Morgan fingerprint density at radius 1 is 1.04 bits per heavy atom. The van der Waals surface area contributed by atoms with Crippen LogP contribution in [0.25, 0.3) is 11.1 Å². The molecule has 1 aromatic heterocycles. The molecule has 0 bridgehead atoms. The van der Waals surface area contributed by atoms with Gasteiger partial charge in [0.2, 0.25) is 0 Å². The van der Waals surface area contributed by atoms with E-state index in [2.05, 4.69) is 9.72 Å². The Morgan fingerprint density at radius 2 is 1.71 bits per heavy atom. The van der Waals surface area contributed by atoms with Crippen LogP contribution >= 0.6 is 0 Å². The highest BCUT2D eigenvalue weighted by molar-refractivity contribution is 5.96. The SMILES string of the molecule is O=C(O)c1cc(OC(F)(F)F)ccc1-c1ccc(C(F)(F)F)nc1. The number of hydrogen-bond donors (Lipinski definition) is 1. The fourth-order valence-corrected chi connectivity index (χ4v) is 1.87. The maximum atomic E-state index is 12.5. The molecule has 128 valence electrons. The quantitative estimate of drug-likeness (QED) is 0.835. The van der Waals surface area contributed by atoms with Gasteiger partial charge in [-0.05, 0) is 29.8 Å². The number of alkyl halides is 6. The number of ether oxygens (including phenoxy) is 1. The van der Waals surface area contributed by atoms with Gasteiger partial charge in [0.25, 0.3) is 0 Å². The molecule has 4 nitrogen and oxygen atoms in total. The van der Waals surface area contributed by atoms with Gasteiger partial charge in [0.1, 0.15) is 11.4 Å². The normalized spacial score (nSPS) is 12.1. The van der Waals surface area contributed by atoms with Gasteiger partial charge in [0.15, 0.2) is 0 Å². The number of pyridine rings is 1. The van der Waals surface area contributed by atoms with Gasteiger partial charge in [-0.2, -0.15) is 13.2 Å². The number of benzene rings is 1. The Balaban J connectivity index is 2.44. The highest BCUT2D eigenvalue weighted by Gasteiger charge is 2.33. The van der Waals surface area contributed by atoms with Gasteiger partial charge in [-0.1, -0.05) is 6.07 Å². The van der Waals surface area contributed by atoms with Crippen molar-refractivity contribution in [1.82, 2.24) is 4.98 Å². The molecule has 0 spiro atoms. The van der Waals surface area contributed by atoms with E-state index in [1.165, 1.54) is 0 Å². The lowest BCUT2D eigenvalue weighted by Gasteiger charge is -2.12. The molecule has 1 aromatic carbocycles. The highest BCUT2D eigenvalue weighted by Crippen LogP contribution is 2.32. The summed E-state index contributed by atoms with van der Waals surface area (Å²) < 4.78 is 77.5. The zero-order valence-electron chi connectivity index (χ0n) is 11.4. The molecule has 0 atom stereocenters. The van der Waals surface area contributed by atoms with E-state index in [1.54, 1.807) is 0 Å². The topological polar surface area (TPSA) is 59.4 Å².